The van der Waals surface area contributed by atoms with Crippen molar-refractivity contribution in [3.63, 3.8) is 0 Å². The van der Waals surface area contributed by atoms with Crippen LogP contribution in [0.15, 0.2) is 28.8 Å². The van der Waals surface area contributed by atoms with Gasteiger partial charge in [-0.25, -0.2) is 3.11 Å². The lowest BCUT2D eigenvalue weighted by Crippen LogP contribution is -2.37. The Hall–Kier alpha value is -1.16. The highest BCUT2D eigenvalue weighted by molar-refractivity contribution is 14.1. The van der Waals surface area contributed by atoms with E-state index < -0.39 is 12.1 Å². The molecular weight excluding hydrogens is 386 g/mol. The molecule has 0 N–H and O–H groups in total. The predicted octanol–water partition coefficient (Wildman–Crippen LogP) is 3.50. The van der Waals surface area contributed by atoms with Crippen LogP contribution in [-0.4, -0.2) is 26.3 Å². The van der Waals surface area contributed by atoms with Crippen LogP contribution in [0.2, 0.25) is 0 Å². The third-order valence-corrected chi connectivity index (χ3v) is 3.93. The van der Waals surface area contributed by atoms with E-state index in [1.165, 1.54) is 5.56 Å². The van der Waals surface area contributed by atoms with Crippen LogP contribution in [0.5, 0.6) is 0 Å². The molecule has 3 rings (SSSR count). The van der Waals surface area contributed by atoms with E-state index >= 15 is 0 Å². The second kappa shape index (κ2) is 4.99. The molecule has 0 radical (unpaired) electrons. The van der Waals surface area contributed by atoms with Gasteiger partial charge in [-0.3, -0.25) is 0 Å². The third kappa shape index (κ3) is 2.66. The quantitative estimate of drug-likeness (QED) is 0.577. The largest absolute Gasteiger partial charge is 0.471 e. The third-order valence-electron chi connectivity index (χ3n) is 3.15. The zero-order valence-corrected chi connectivity index (χ0v) is 12.2. The van der Waals surface area contributed by atoms with Crippen LogP contribution >= 0.6 is 22.9 Å². The Morgan fingerprint density at radius 1 is 1.20 bits per heavy atom. The zero-order chi connectivity index (χ0) is 14.3. The second-order valence-corrected chi connectivity index (χ2v) is 5.93. The molecule has 4 nitrogen and oxygen atoms in total. The number of rotatable bonds is 2. The number of alkyl halides is 3. The molecule has 2 aromatic rings. The minimum atomic E-state index is -4.61. The zero-order valence-electron chi connectivity index (χ0n) is 10.1. The summed E-state index contributed by atoms with van der Waals surface area (Å²) in [4.78, 5) is 3.36. The van der Waals surface area contributed by atoms with E-state index in [-0.39, 0.29) is 5.82 Å². The first kappa shape index (κ1) is 13.8. The van der Waals surface area contributed by atoms with Crippen LogP contribution in [0.1, 0.15) is 17.4 Å². The van der Waals surface area contributed by atoms with E-state index in [9.17, 15) is 13.2 Å². The highest BCUT2D eigenvalue weighted by Crippen LogP contribution is 2.32. The van der Waals surface area contributed by atoms with Crippen LogP contribution in [0, 0.1) is 0 Å². The van der Waals surface area contributed by atoms with Gasteiger partial charge in [0.1, 0.15) is 0 Å². The van der Waals surface area contributed by atoms with E-state index in [0.29, 0.717) is 11.5 Å². The summed E-state index contributed by atoms with van der Waals surface area (Å²) in [5.41, 5.74) is 1.68. The summed E-state index contributed by atoms with van der Waals surface area (Å²) >= 11 is 2.26. The molecule has 1 fully saturated rings. The van der Waals surface area contributed by atoms with Gasteiger partial charge in [-0.05, 0) is 5.56 Å². The molecular formula is C12H9F3IN3O. The molecule has 0 bridgehead atoms. The second-order valence-electron chi connectivity index (χ2n) is 4.57. The Morgan fingerprint density at radius 2 is 1.85 bits per heavy atom. The van der Waals surface area contributed by atoms with E-state index in [4.69, 9.17) is 0 Å². The summed E-state index contributed by atoms with van der Waals surface area (Å²) in [6, 6.07) is 7.23. The summed E-state index contributed by atoms with van der Waals surface area (Å²) < 4.78 is 43.5. The van der Waals surface area contributed by atoms with Crippen molar-refractivity contribution in [2.45, 2.75) is 12.1 Å². The monoisotopic (exact) mass is 395 g/mol. The van der Waals surface area contributed by atoms with Gasteiger partial charge in [-0.1, -0.05) is 29.4 Å². The summed E-state index contributed by atoms with van der Waals surface area (Å²) in [5, 5.41) is 3.36. The number of nitrogens with zero attached hydrogens (tertiary/aromatic N) is 3. The summed E-state index contributed by atoms with van der Waals surface area (Å²) in [6.45, 7) is 1.97. The van der Waals surface area contributed by atoms with Crippen molar-refractivity contribution in [1.29, 1.82) is 0 Å². The van der Waals surface area contributed by atoms with Crippen molar-refractivity contribution >= 4 is 22.9 Å². The Morgan fingerprint density at radius 3 is 2.35 bits per heavy atom. The minimum absolute atomic E-state index is 0.0481. The van der Waals surface area contributed by atoms with Crippen molar-refractivity contribution in [2.24, 2.45) is 0 Å². The maximum Gasteiger partial charge on any atom is 0.471 e. The van der Waals surface area contributed by atoms with Crippen molar-refractivity contribution < 1.29 is 17.7 Å². The molecule has 1 aromatic carbocycles. The van der Waals surface area contributed by atoms with Crippen LogP contribution in [-0.2, 0) is 6.18 Å². The molecule has 0 saturated carbocycles. The highest BCUT2D eigenvalue weighted by atomic mass is 127. The molecule has 0 aliphatic carbocycles. The number of benzene rings is 1. The normalized spacial score (nSPS) is 17.2. The molecule has 106 valence electrons. The van der Waals surface area contributed by atoms with Gasteiger partial charge in [0.25, 0.3) is 0 Å². The fourth-order valence-electron chi connectivity index (χ4n) is 2.00. The van der Waals surface area contributed by atoms with Gasteiger partial charge >= 0.3 is 12.1 Å². The van der Waals surface area contributed by atoms with Gasteiger partial charge in [0, 0.05) is 47.4 Å². The lowest BCUT2D eigenvalue weighted by atomic mass is 9.93. The van der Waals surface area contributed by atoms with Crippen molar-refractivity contribution in [1.82, 2.24) is 13.3 Å². The van der Waals surface area contributed by atoms with Crippen molar-refractivity contribution in [3.8, 4) is 11.4 Å². The molecule has 8 heteroatoms. The molecule has 1 aromatic heterocycles. The molecule has 2 heterocycles. The molecule has 20 heavy (non-hydrogen) atoms. The number of halogens is 4. The average Bonchev–Trinajstić information content (AvgIpc) is 2.85. The summed E-state index contributed by atoms with van der Waals surface area (Å²) in [6.07, 6.45) is -4.61. The van der Waals surface area contributed by atoms with Gasteiger partial charge in [0.15, 0.2) is 0 Å². The standard InChI is InChI=1S/C12H9F3IN3O/c13-12(14,15)11-17-10(18-20-11)8-3-1-7(2-4-8)9-5-19(16)6-9/h1-4,9H,5-6H2. The molecule has 0 atom stereocenters. The fraction of sp³-hybridized carbons (Fsp3) is 0.333. The summed E-state index contributed by atoms with van der Waals surface area (Å²) in [7, 11) is 0. The highest BCUT2D eigenvalue weighted by Gasteiger charge is 2.38. The summed E-state index contributed by atoms with van der Waals surface area (Å²) in [5.74, 6) is -0.888. The Labute approximate surface area is 126 Å². The van der Waals surface area contributed by atoms with Gasteiger partial charge in [0.2, 0.25) is 5.82 Å². The maximum absolute atomic E-state index is 12.4. The molecule has 0 amide bonds. The van der Waals surface area contributed by atoms with E-state index in [2.05, 4.69) is 40.6 Å². The van der Waals surface area contributed by atoms with Gasteiger partial charge < -0.3 is 4.52 Å². The SMILES string of the molecule is FC(F)(F)c1nc(-c2ccc(C3CN(I)C3)cc2)no1. The van der Waals surface area contributed by atoms with Crippen LogP contribution in [0.4, 0.5) is 13.2 Å². The van der Waals surface area contributed by atoms with Crippen molar-refractivity contribution in [3.05, 3.63) is 35.7 Å². The Balaban J connectivity index is 1.79. The average molecular weight is 395 g/mol. The predicted molar refractivity (Wildman–Crippen MR) is 73.1 cm³/mol. The molecule has 1 saturated heterocycles. The first-order chi connectivity index (χ1) is 9.43. The lowest BCUT2D eigenvalue weighted by molar-refractivity contribution is -0.159. The minimum Gasteiger partial charge on any atom is -0.329 e. The van der Waals surface area contributed by atoms with Crippen LogP contribution in [0.3, 0.4) is 0 Å². The van der Waals surface area contributed by atoms with E-state index in [1.807, 2.05) is 12.1 Å². The molecule has 1 aliphatic rings. The topological polar surface area (TPSA) is 42.2 Å². The first-order valence-corrected chi connectivity index (χ1v) is 6.82. The Kier molecular flexibility index (Phi) is 3.44. The molecule has 0 unspecified atom stereocenters. The lowest BCUT2D eigenvalue weighted by Gasteiger charge is -2.34. The van der Waals surface area contributed by atoms with E-state index in [0.717, 1.165) is 13.1 Å². The van der Waals surface area contributed by atoms with Crippen LogP contribution in [0.25, 0.3) is 11.4 Å². The van der Waals surface area contributed by atoms with Gasteiger partial charge in [-0.2, -0.15) is 18.2 Å². The van der Waals surface area contributed by atoms with E-state index in [1.54, 1.807) is 12.1 Å². The van der Waals surface area contributed by atoms with Crippen molar-refractivity contribution in [2.75, 3.05) is 13.1 Å². The van der Waals surface area contributed by atoms with Crippen LogP contribution < -0.4 is 0 Å². The first-order valence-electron chi connectivity index (χ1n) is 5.85. The number of aromatic nitrogens is 2. The van der Waals surface area contributed by atoms with Gasteiger partial charge in [-0.15, -0.1) is 0 Å². The van der Waals surface area contributed by atoms with Gasteiger partial charge in [0.05, 0.1) is 0 Å². The smallest absolute Gasteiger partial charge is 0.329 e. The molecule has 1 aliphatic heterocycles. The Bertz CT molecular complexity index is 605. The fourth-order valence-corrected chi connectivity index (χ4v) is 2.95. The number of hydrogen-bond donors (Lipinski definition) is 0. The number of hydrogen-bond acceptors (Lipinski definition) is 4. The molecule has 0 spiro atoms. The maximum atomic E-state index is 12.4.